The molecule has 0 fully saturated rings. The zero-order chi connectivity index (χ0) is 31.1. The van der Waals surface area contributed by atoms with Crippen molar-refractivity contribution < 1.29 is 13.8 Å². The SMILES string of the molecule is CCCCCCCCCCNC(=O)NCCCCCCCCCCCCCCOP(OCCC#N)N(C(C)C)C(C)C. The van der Waals surface area contributed by atoms with Gasteiger partial charge in [0.05, 0.1) is 25.7 Å². The Kier molecular flexibility index (Phi) is 30.8. The van der Waals surface area contributed by atoms with Crippen LogP contribution < -0.4 is 10.6 Å². The predicted octanol–water partition coefficient (Wildman–Crippen LogP) is 10.4. The van der Waals surface area contributed by atoms with Crippen LogP contribution in [-0.2, 0) is 9.05 Å². The topological polar surface area (TPSA) is 86.6 Å². The van der Waals surface area contributed by atoms with Crippen LogP contribution in [-0.4, -0.2) is 49.1 Å². The summed E-state index contributed by atoms with van der Waals surface area (Å²) in [6.07, 6.45) is 25.8. The van der Waals surface area contributed by atoms with Crippen LogP contribution in [0.5, 0.6) is 0 Å². The van der Waals surface area contributed by atoms with Crippen molar-refractivity contribution in [1.29, 1.82) is 5.26 Å². The summed E-state index contributed by atoms with van der Waals surface area (Å²) in [4.78, 5) is 11.9. The van der Waals surface area contributed by atoms with E-state index in [0.717, 1.165) is 39.0 Å². The maximum Gasteiger partial charge on any atom is 0.314 e. The number of nitriles is 1. The molecule has 0 aromatic carbocycles. The highest BCUT2D eigenvalue weighted by Gasteiger charge is 2.26. The summed E-state index contributed by atoms with van der Waals surface area (Å²) in [5.74, 6) is 0. The monoisotopic (exact) mass is 613 g/mol. The Morgan fingerprint density at radius 1 is 0.643 bits per heavy atom. The molecule has 2 N–H and O–H groups in total. The molecular weight excluding hydrogens is 543 g/mol. The van der Waals surface area contributed by atoms with Gasteiger partial charge in [-0.25, -0.2) is 9.46 Å². The second-order valence-corrected chi connectivity index (χ2v) is 13.7. The third kappa shape index (κ3) is 26.7. The first kappa shape index (κ1) is 41.1. The van der Waals surface area contributed by atoms with Crippen LogP contribution in [0.25, 0.3) is 0 Å². The van der Waals surface area contributed by atoms with E-state index in [2.05, 4.69) is 56.0 Å². The van der Waals surface area contributed by atoms with Crippen LogP contribution in [0.4, 0.5) is 4.79 Å². The summed E-state index contributed by atoms with van der Waals surface area (Å²) in [5, 5.41) is 14.8. The largest absolute Gasteiger partial charge is 0.338 e. The molecule has 0 aromatic rings. The fraction of sp³-hybridized carbons (Fsp3) is 0.941. The molecule has 1 atom stereocenters. The van der Waals surface area contributed by atoms with E-state index in [1.807, 2.05) is 0 Å². The maximum atomic E-state index is 11.9. The summed E-state index contributed by atoms with van der Waals surface area (Å²) >= 11 is 0. The Morgan fingerprint density at radius 2 is 1.02 bits per heavy atom. The van der Waals surface area contributed by atoms with E-state index in [-0.39, 0.29) is 6.03 Å². The molecule has 0 rings (SSSR count). The van der Waals surface area contributed by atoms with E-state index in [9.17, 15) is 4.79 Å². The predicted molar refractivity (Wildman–Crippen MR) is 181 cm³/mol. The van der Waals surface area contributed by atoms with Crippen LogP contribution >= 0.6 is 8.53 Å². The molecule has 0 saturated carbocycles. The lowest BCUT2D eigenvalue weighted by Gasteiger charge is -2.35. The van der Waals surface area contributed by atoms with Gasteiger partial charge in [0.15, 0.2) is 0 Å². The lowest BCUT2D eigenvalue weighted by Crippen LogP contribution is -2.36. The molecule has 42 heavy (non-hydrogen) atoms. The number of unbranched alkanes of at least 4 members (excludes halogenated alkanes) is 18. The standard InChI is InChI=1S/C34H69N4O3P/c1-6-7-8-9-10-17-20-23-28-36-34(39)37-29-24-21-18-15-13-11-12-14-16-19-22-25-30-40-42(41-31-26-27-35)38(32(2)3)33(4)5/h32-33H,6-26,28-31H2,1-5H3,(H2,36,37,39). The molecule has 0 radical (unpaired) electrons. The van der Waals surface area contributed by atoms with Crippen molar-refractivity contribution in [2.45, 2.75) is 182 Å². The van der Waals surface area contributed by atoms with Crippen molar-refractivity contribution >= 4 is 14.6 Å². The second kappa shape index (κ2) is 31.5. The number of amides is 2. The van der Waals surface area contributed by atoms with Gasteiger partial charge in [-0.05, 0) is 47.0 Å². The molecule has 0 aliphatic carbocycles. The number of hydrogen-bond acceptors (Lipinski definition) is 5. The van der Waals surface area contributed by atoms with Gasteiger partial charge >= 0.3 is 6.03 Å². The molecule has 0 heterocycles. The minimum atomic E-state index is -1.10. The minimum absolute atomic E-state index is 0.000423. The third-order valence-corrected chi connectivity index (χ3v) is 9.64. The summed E-state index contributed by atoms with van der Waals surface area (Å²) < 4.78 is 14.4. The number of urea groups is 1. The lowest BCUT2D eigenvalue weighted by molar-refractivity contribution is 0.174. The van der Waals surface area contributed by atoms with Gasteiger partial charge in [-0.2, -0.15) is 5.26 Å². The van der Waals surface area contributed by atoms with Crippen molar-refractivity contribution in [3.05, 3.63) is 0 Å². The van der Waals surface area contributed by atoms with Gasteiger partial charge in [0.2, 0.25) is 0 Å². The van der Waals surface area contributed by atoms with Crippen LogP contribution in [0.1, 0.15) is 169 Å². The molecule has 248 valence electrons. The molecular formula is C34H69N4O3P. The lowest BCUT2D eigenvalue weighted by atomic mass is 10.1. The molecule has 1 unspecified atom stereocenters. The first-order chi connectivity index (χ1) is 20.4. The Morgan fingerprint density at radius 3 is 1.43 bits per heavy atom. The zero-order valence-electron chi connectivity index (χ0n) is 28.4. The molecule has 8 heteroatoms. The van der Waals surface area contributed by atoms with Crippen molar-refractivity contribution in [1.82, 2.24) is 15.3 Å². The molecule has 0 aliphatic heterocycles. The van der Waals surface area contributed by atoms with Crippen molar-refractivity contribution in [2.24, 2.45) is 0 Å². The number of nitrogens with zero attached hydrogens (tertiary/aromatic N) is 2. The van der Waals surface area contributed by atoms with Gasteiger partial charge in [0, 0.05) is 25.2 Å². The van der Waals surface area contributed by atoms with Gasteiger partial charge in [-0.3, -0.25) is 0 Å². The van der Waals surface area contributed by atoms with Gasteiger partial charge < -0.3 is 19.7 Å². The highest BCUT2D eigenvalue weighted by Crippen LogP contribution is 2.46. The molecule has 2 amide bonds. The van der Waals surface area contributed by atoms with Gasteiger partial charge in [0.25, 0.3) is 8.53 Å². The molecule has 0 saturated heterocycles. The van der Waals surface area contributed by atoms with Crippen molar-refractivity contribution in [3.63, 3.8) is 0 Å². The Bertz CT molecular complexity index is 622. The summed E-state index contributed by atoms with van der Waals surface area (Å²) in [6, 6.07) is 2.86. The van der Waals surface area contributed by atoms with Crippen LogP contribution in [0.15, 0.2) is 0 Å². The highest BCUT2D eigenvalue weighted by atomic mass is 31.2. The summed E-state index contributed by atoms with van der Waals surface area (Å²) in [6.45, 7) is 13.7. The molecule has 0 aliphatic rings. The summed E-state index contributed by atoms with van der Waals surface area (Å²) in [5.41, 5.74) is 0. The summed E-state index contributed by atoms with van der Waals surface area (Å²) in [7, 11) is -1.10. The Balaban J connectivity index is 3.52. The average Bonchev–Trinajstić information content (AvgIpc) is 2.95. The fourth-order valence-electron chi connectivity index (χ4n) is 5.18. The quantitative estimate of drug-likeness (QED) is 0.0601. The highest BCUT2D eigenvalue weighted by molar-refractivity contribution is 7.44. The average molecular weight is 613 g/mol. The zero-order valence-corrected chi connectivity index (χ0v) is 29.3. The minimum Gasteiger partial charge on any atom is -0.338 e. The maximum absolute atomic E-state index is 11.9. The number of rotatable bonds is 31. The molecule has 0 bridgehead atoms. The molecule has 0 spiro atoms. The van der Waals surface area contributed by atoms with E-state index in [1.165, 1.54) is 109 Å². The smallest absolute Gasteiger partial charge is 0.314 e. The third-order valence-electron chi connectivity index (χ3n) is 7.54. The number of carbonyl (C=O) groups is 1. The molecule has 0 aromatic heterocycles. The van der Waals surface area contributed by atoms with Gasteiger partial charge in [0.1, 0.15) is 0 Å². The van der Waals surface area contributed by atoms with Crippen molar-refractivity contribution in [3.8, 4) is 6.07 Å². The van der Waals surface area contributed by atoms with E-state index < -0.39 is 8.53 Å². The number of hydrogen-bond donors (Lipinski definition) is 2. The number of carbonyl (C=O) groups excluding carboxylic acids is 1. The fourth-order valence-corrected chi connectivity index (χ4v) is 6.80. The normalized spacial score (nSPS) is 12.3. The van der Waals surface area contributed by atoms with E-state index >= 15 is 0 Å². The van der Waals surface area contributed by atoms with Crippen LogP contribution in [0, 0.1) is 11.3 Å². The van der Waals surface area contributed by atoms with E-state index in [0.29, 0.717) is 25.1 Å². The first-order valence-electron chi connectivity index (χ1n) is 17.7. The van der Waals surface area contributed by atoms with E-state index in [1.54, 1.807) is 0 Å². The van der Waals surface area contributed by atoms with Gasteiger partial charge in [-0.1, -0.05) is 116 Å². The van der Waals surface area contributed by atoms with Crippen LogP contribution in [0.3, 0.4) is 0 Å². The molecule has 7 nitrogen and oxygen atoms in total. The van der Waals surface area contributed by atoms with Crippen molar-refractivity contribution in [2.75, 3.05) is 26.3 Å². The van der Waals surface area contributed by atoms with Gasteiger partial charge in [-0.15, -0.1) is 0 Å². The number of nitrogens with one attached hydrogen (secondary N) is 2. The van der Waals surface area contributed by atoms with E-state index in [4.69, 9.17) is 14.3 Å². The second-order valence-electron chi connectivity index (χ2n) is 12.3. The van der Waals surface area contributed by atoms with Crippen LogP contribution in [0.2, 0.25) is 0 Å². The Hall–Kier alpha value is -0.930. The first-order valence-corrected chi connectivity index (χ1v) is 18.8. The Labute approximate surface area is 262 Å².